The first-order valence-electron chi connectivity index (χ1n) is 21.8. The van der Waals surface area contributed by atoms with E-state index in [9.17, 15) is 0 Å². The molecule has 0 heterocycles. The molecule has 8 aromatic carbocycles. The highest BCUT2D eigenvalue weighted by Gasteiger charge is 2.17. The first-order chi connectivity index (χ1) is 29.2. The number of hydrogen-bond acceptors (Lipinski definition) is 0. The van der Waals surface area contributed by atoms with Crippen LogP contribution in [0.4, 0.5) is 0 Å². The maximum atomic E-state index is 2.34. The lowest BCUT2D eigenvalue weighted by molar-refractivity contribution is 0.735. The van der Waals surface area contributed by atoms with Gasteiger partial charge in [0.2, 0.25) is 0 Å². The minimum Gasteiger partial charge on any atom is -0.0654 e. The molecule has 0 saturated carbocycles. The zero-order chi connectivity index (χ0) is 42.7. The van der Waals surface area contributed by atoms with Crippen molar-refractivity contribution < 1.29 is 0 Å². The molecule has 0 aliphatic carbocycles. The van der Waals surface area contributed by atoms with Gasteiger partial charge in [-0.3, -0.25) is 0 Å². The third-order valence-electron chi connectivity index (χ3n) is 11.2. The van der Waals surface area contributed by atoms with Crippen LogP contribution in [0.25, 0.3) is 55.6 Å². The molecular formula is C60H64. The largest absolute Gasteiger partial charge is 0.0654 e. The number of rotatable bonds is 8. The summed E-state index contributed by atoms with van der Waals surface area (Å²) in [5.74, 6) is 0.560. The fourth-order valence-electron chi connectivity index (χ4n) is 7.13. The van der Waals surface area contributed by atoms with Gasteiger partial charge in [0.25, 0.3) is 0 Å². The van der Waals surface area contributed by atoms with E-state index in [1.807, 2.05) is 12.1 Å². The molecule has 8 rings (SSSR count). The van der Waals surface area contributed by atoms with Crippen molar-refractivity contribution in [2.45, 2.75) is 80.6 Å². The van der Waals surface area contributed by atoms with Gasteiger partial charge in [-0.1, -0.05) is 252 Å². The van der Waals surface area contributed by atoms with E-state index in [4.69, 9.17) is 0 Å². The molecule has 8 aromatic rings. The van der Waals surface area contributed by atoms with Crippen LogP contribution in [0, 0.1) is 27.7 Å². The van der Waals surface area contributed by atoms with Crippen LogP contribution in [0.3, 0.4) is 0 Å². The zero-order valence-electron chi connectivity index (χ0n) is 37.3. The third kappa shape index (κ3) is 12.6. The molecule has 0 heteroatoms. The quantitative estimate of drug-likeness (QED) is 0.144. The van der Waals surface area contributed by atoms with Crippen LogP contribution in [0.15, 0.2) is 200 Å². The summed E-state index contributed by atoms with van der Waals surface area (Å²) >= 11 is 0. The normalized spacial score (nSPS) is 10.8. The molecule has 0 N–H and O–H groups in total. The Hall–Kier alpha value is -6.24. The standard InChI is InChI=1S/C24H26.C19H16.C13H12.C4H10/c1-5-17(2)22-15-16-23(21-14-10-9-11-18(21)3)19(4)24(22)20-12-7-6-8-13-20;1-15-7-9-17(10-8-15)19-13-11-18(12-14-19)16-5-3-2-4-6-16;1-11-7-9-13(10-8-11)12-5-3-2-4-6-12;1-3-4-2/h6-17H,5H2,1-4H3;2-14H,1H3;2-10H,1H3;3-4H2,1-2H3. The van der Waals surface area contributed by atoms with Crippen LogP contribution in [0.2, 0.25) is 0 Å². The van der Waals surface area contributed by atoms with Gasteiger partial charge in [-0.2, -0.15) is 0 Å². The van der Waals surface area contributed by atoms with Crippen molar-refractivity contribution in [1.29, 1.82) is 0 Å². The van der Waals surface area contributed by atoms with Gasteiger partial charge < -0.3 is 0 Å². The van der Waals surface area contributed by atoms with Crippen LogP contribution in [0.5, 0.6) is 0 Å². The predicted octanol–water partition coefficient (Wildman–Crippen LogP) is 17.9. The second-order valence-electron chi connectivity index (χ2n) is 15.7. The number of benzene rings is 8. The van der Waals surface area contributed by atoms with Gasteiger partial charge in [-0.25, -0.2) is 0 Å². The SMILES string of the molecule is CCC(C)c1ccc(-c2ccccc2C)c(C)c1-c1ccccc1.CCCC.Cc1ccc(-c2ccc(-c3ccccc3)cc2)cc1.Cc1ccc(-c2ccccc2)cc1. The molecule has 0 aromatic heterocycles. The van der Waals surface area contributed by atoms with E-state index in [-0.39, 0.29) is 0 Å². The Morgan fingerprint density at radius 1 is 0.333 bits per heavy atom. The van der Waals surface area contributed by atoms with Gasteiger partial charge in [0, 0.05) is 0 Å². The van der Waals surface area contributed by atoms with Crippen molar-refractivity contribution >= 4 is 0 Å². The summed E-state index contributed by atoms with van der Waals surface area (Å²) in [4.78, 5) is 0. The van der Waals surface area contributed by atoms with E-state index in [0.717, 1.165) is 6.42 Å². The summed E-state index contributed by atoms with van der Waals surface area (Å²) in [6, 6.07) is 71.0. The van der Waals surface area contributed by atoms with Gasteiger partial charge in [0.05, 0.1) is 0 Å². The van der Waals surface area contributed by atoms with E-state index in [0.29, 0.717) is 5.92 Å². The van der Waals surface area contributed by atoms with Gasteiger partial charge in [0.1, 0.15) is 0 Å². The van der Waals surface area contributed by atoms with Crippen molar-refractivity contribution in [2.75, 3.05) is 0 Å². The van der Waals surface area contributed by atoms with Gasteiger partial charge in [-0.15, -0.1) is 0 Å². The van der Waals surface area contributed by atoms with Crippen LogP contribution in [-0.2, 0) is 0 Å². The maximum absolute atomic E-state index is 2.34. The Balaban J connectivity index is 0.000000169. The molecule has 60 heavy (non-hydrogen) atoms. The molecule has 0 aliphatic heterocycles. The summed E-state index contributed by atoms with van der Waals surface area (Å²) in [6.45, 7) is 17.6. The van der Waals surface area contributed by atoms with E-state index in [2.05, 4.69) is 243 Å². The first kappa shape index (κ1) is 44.9. The predicted molar refractivity (Wildman–Crippen MR) is 265 cm³/mol. The van der Waals surface area contributed by atoms with E-state index < -0.39 is 0 Å². The Morgan fingerprint density at radius 3 is 1.07 bits per heavy atom. The monoisotopic (exact) mass is 785 g/mol. The Morgan fingerprint density at radius 2 is 0.683 bits per heavy atom. The number of unbranched alkanes of at least 4 members (excludes halogenated alkanes) is 1. The van der Waals surface area contributed by atoms with E-state index in [1.165, 1.54) is 96.3 Å². The topological polar surface area (TPSA) is 0 Å². The Labute approximate surface area is 362 Å². The average Bonchev–Trinajstić information content (AvgIpc) is 3.31. The molecule has 0 nitrogen and oxygen atoms in total. The van der Waals surface area contributed by atoms with E-state index >= 15 is 0 Å². The molecule has 0 radical (unpaired) electrons. The Kier molecular flexibility index (Phi) is 17.5. The highest BCUT2D eigenvalue weighted by Crippen LogP contribution is 2.39. The highest BCUT2D eigenvalue weighted by atomic mass is 14.2. The molecule has 304 valence electrons. The van der Waals surface area contributed by atoms with Crippen LogP contribution >= 0.6 is 0 Å². The second-order valence-corrected chi connectivity index (χ2v) is 15.7. The molecule has 0 saturated heterocycles. The summed E-state index contributed by atoms with van der Waals surface area (Å²) < 4.78 is 0. The summed E-state index contributed by atoms with van der Waals surface area (Å²) in [7, 11) is 0. The zero-order valence-corrected chi connectivity index (χ0v) is 37.3. The van der Waals surface area contributed by atoms with Crippen molar-refractivity contribution in [2.24, 2.45) is 0 Å². The Bertz CT molecular complexity index is 2420. The summed E-state index contributed by atoms with van der Waals surface area (Å²) in [6.07, 6.45) is 3.79. The van der Waals surface area contributed by atoms with Crippen LogP contribution < -0.4 is 0 Å². The summed E-state index contributed by atoms with van der Waals surface area (Å²) in [5, 5.41) is 0. The van der Waals surface area contributed by atoms with Crippen LogP contribution in [0.1, 0.15) is 80.7 Å². The summed E-state index contributed by atoms with van der Waals surface area (Å²) in [5.41, 5.74) is 19.8. The maximum Gasteiger partial charge on any atom is -0.0114 e. The van der Waals surface area contributed by atoms with Gasteiger partial charge in [-0.05, 0) is 112 Å². The molecule has 0 fully saturated rings. The fraction of sp³-hybridized carbons (Fsp3) is 0.200. The molecule has 1 atom stereocenters. The lowest BCUT2D eigenvalue weighted by atomic mass is 9.83. The molecule has 0 bridgehead atoms. The lowest BCUT2D eigenvalue weighted by Crippen LogP contribution is -2.00. The van der Waals surface area contributed by atoms with E-state index in [1.54, 1.807) is 0 Å². The average molecular weight is 785 g/mol. The minimum atomic E-state index is 0.560. The molecule has 0 spiro atoms. The molecular weight excluding hydrogens is 721 g/mol. The lowest BCUT2D eigenvalue weighted by Gasteiger charge is -2.21. The second kappa shape index (κ2) is 23.4. The van der Waals surface area contributed by atoms with Crippen molar-refractivity contribution in [1.82, 2.24) is 0 Å². The van der Waals surface area contributed by atoms with Crippen molar-refractivity contribution in [3.8, 4) is 55.6 Å². The van der Waals surface area contributed by atoms with Gasteiger partial charge in [0.15, 0.2) is 0 Å². The van der Waals surface area contributed by atoms with Crippen LogP contribution in [-0.4, -0.2) is 0 Å². The highest BCUT2D eigenvalue weighted by molar-refractivity contribution is 5.82. The smallest absolute Gasteiger partial charge is 0.0114 e. The third-order valence-corrected chi connectivity index (χ3v) is 11.2. The fourth-order valence-corrected chi connectivity index (χ4v) is 7.13. The number of hydrogen-bond donors (Lipinski definition) is 0. The molecule has 1 unspecified atom stereocenters. The molecule has 0 amide bonds. The minimum absolute atomic E-state index is 0.560. The van der Waals surface area contributed by atoms with Gasteiger partial charge >= 0.3 is 0 Å². The number of aryl methyl sites for hydroxylation is 3. The van der Waals surface area contributed by atoms with Crippen molar-refractivity contribution in [3.63, 3.8) is 0 Å². The molecule has 0 aliphatic rings. The van der Waals surface area contributed by atoms with Crippen molar-refractivity contribution in [3.05, 3.63) is 228 Å². The first-order valence-corrected chi connectivity index (χ1v) is 21.8.